The number of thiazole rings is 1. The SMILES string of the molecule is COc1cc(OC)cc(C(=O)Nc2ncc(Oc3cccc(C(=O)O)c3)s2)c1. The number of benzene rings is 2. The summed E-state index contributed by atoms with van der Waals surface area (Å²) in [6.45, 7) is 0. The molecule has 0 radical (unpaired) electrons. The first-order valence-corrected chi connectivity index (χ1v) is 8.81. The fourth-order valence-electron chi connectivity index (χ4n) is 2.28. The van der Waals surface area contributed by atoms with Crippen molar-refractivity contribution >= 4 is 28.3 Å². The van der Waals surface area contributed by atoms with Crippen LogP contribution in [0.2, 0.25) is 0 Å². The number of carboxylic acid groups (broad SMARTS) is 1. The smallest absolute Gasteiger partial charge is 0.335 e. The van der Waals surface area contributed by atoms with Gasteiger partial charge in [0.15, 0.2) is 5.13 Å². The Kier molecular flexibility index (Phi) is 5.75. The van der Waals surface area contributed by atoms with Gasteiger partial charge in [-0.25, -0.2) is 9.78 Å². The highest BCUT2D eigenvalue weighted by atomic mass is 32.1. The van der Waals surface area contributed by atoms with E-state index in [1.165, 1.54) is 32.5 Å². The number of nitrogens with one attached hydrogen (secondary N) is 1. The Hall–Kier alpha value is -3.59. The zero-order chi connectivity index (χ0) is 20.1. The molecule has 1 aromatic heterocycles. The minimum absolute atomic E-state index is 0.113. The van der Waals surface area contributed by atoms with Crippen molar-refractivity contribution in [2.75, 3.05) is 19.5 Å². The molecule has 0 atom stereocenters. The topological polar surface area (TPSA) is 107 Å². The molecule has 9 heteroatoms. The molecule has 144 valence electrons. The summed E-state index contributed by atoms with van der Waals surface area (Å²) in [6, 6.07) is 10.9. The molecule has 8 nitrogen and oxygen atoms in total. The van der Waals surface area contributed by atoms with Crippen LogP contribution in [0.15, 0.2) is 48.7 Å². The molecule has 0 spiro atoms. The van der Waals surface area contributed by atoms with E-state index in [-0.39, 0.29) is 11.5 Å². The number of carbonyl (C=O) groups is 2. The number of anilines is 1. The minimum Gasteiger partial charge on any atom is -0.497 e. The number of hydrogen-bond acceptors (Lipinski definition) is 7. The molecule has 1 heterocycles. The summed E-state index contributed by atoms with van der Waals surface area (Å²) < 4.78 is 15.9. The van der Waals surface area contributed by atoms with Gasteiger partial charge in [0.05, 0.1) is 26.0 Å². The minimum atomic E-state index is -1.04. The van der Waals surface area contributed by atoms with Crippen molar-refractivity contribution in [3.05, 3.63) is 59.8 Å². The predicted octanol–water partition coefficient (Wildman–Crippen LogP) is 3.90. The highest BCUT2D eigenvalue weighted by molar-refractivity contribution is 7.17. The molecule has 0 aliphatic rings. The van der Waals surface area contributed by atoms with Crippen molar-refractivity contribution in [3.63, 3.8) is 0 Å². The van der Waals surface area contributed by atoms with Crippen LogP contribution in [0.4, 0.5) is 5.13 Å². The number of amides is 1. The molecule has 3 rings (SSSR count). The van der Waals surface area contributed by atoms with Crippen molar-refractivity contribution in [3.8, 4) is 22.3 Å². The maximum absolute atomic E-state index is 12.5. The van der Waals surface area contributed by atoms with Crippen molar-refractivity contribution in [2.24, 2.45) is 0 Å². The number of ether oxygens (including phenoxy) is 3. The van der Waals surface area contributed by atoms with E-state index >= 15 is 0 Å². The summed E-state index contributed by atoms with van der Waals surface area (Å²) in [5.41, 5.74) is 0.463. The maximum Gasteiger partial charge on any atom is 0.335 e. The largest absolute Gasteiger partial charge is 0.497 e. The van der Waals surface area contributed by atoms with Gasteiger partial charge in [0, 0.05) is 11.6 Å². The lowest BCUT2D eigenvalue weighted by Gasteiger charge is -2.08. The molecule has 0 fully saturated rings. The van der Waals surface area contributed by atoms with Crippen LogP contribution in [0, 0.1) is 0 Å². The van der Waals surface area contributed by atoms with Crippen LogP contribution in [0.1, 0.15) is 20.7 Å². The van der Waals surface area contributed by atoms with Crippen LogP contribution in [-0.2, 0) is 0 Å². The molecule has 28 heavy (non-hydrogen) atoms. The highest BCUT2D eigenvalue weighted by Gasteiger charge is 2.13. The molecule has 0 bridgehead atoms. The molecule has 0 unspecified atom stereocenters. The van der Waals surface area contributed by atoms with E-state index in [0.717, 1.165) is 11.3 Å². The standard InChI is InChI=1S/C19H16N2O6S/c1-25-14-7-12(8-15(9-14)26-2)17(22)21-19-20-10-16(28-19)27-13-5-3-4-11(6-13)18(23)24/h3-10H,1-2H3,(H,23,24)(H,20,21,22). The molecule has 2 aromatic carbocycles. The van der Waals surface area contributed by atoms with E-state index in [2.05, 4.69) is 10.3 Å². The quantitative estimate of drug-likeness (QED) is 0.619. The normalized spacial score (nSPS) is 10.2. The Morgan fingerprint density at radius 1 is 1.00 bits per heavy atom. The predicted molar refractivity (Wildman–Crippen MR) is 103 cm³/mol. The number of carbonyl (C=O) groups excluding carboxylic acids is 1. The van der Waals surface area contributed by atoms with Crippen LogP contribution in [0.25, 0.3) is 0 Å². The molecule has 0 aliphatic heterocycles. The third-order valence-electron chi connectivity index (χ3n) is 3.62. The Morgan fingerprint density at radius 3 is 2.32 bits per heavy atom. The molecule has 1 amide bonds. The fourth-order valence-corrected chi connectivity index (χ4v) is 2.96. The van der Waals surface area contributed by atoms with Gasteiger partial charge in [-0.1, -0.05) is 17.4 Å². The van der Waals surface area contributed by atoms with Gasteiger partial charge in [0.2, 0.25) is 5.06 Å². The fraction of sp³-hybridized carbons (Fsp3) is 0.105. The van der Waals surface area contributed by atoms with Gasteiger partial charge in [-0.2, -0.15) is 0 Å². The van der Waals surface area contributed by atoms with Crippen LogP contribution < -0.4 is 19.5 Å². The van der Waals surface area contributed by atoms with Crippen LogP contribution in [-0.4, -0.2) is 36.2 Å². The second-order valence-electron chi connectivity index (χ2n) is 5.47. The van der Waals surface area contributed by atoms with E-state index in [0.29, 0.717) is 33.0 Å². The van der Waals surface area contributed by atoms with Gasteiger partial charge in [-0.15, -0.1) is 0 Å². The Balaban J connectivity index is 1.72. The van der Waals surface area contributed by atoms with E-state index in [4.69, 9.17) is 19.3 Å². The third-order valence-corrected chi connectivity index (χ3v) is 4.41. The maximum atomic E-state index is 12.5. The number of rotatable bonds is 7. The van der Waals surface area contributed by atoms with Crippen molar-refractivity contribution in [1.82, 2.24) is 4.98 Å². The van der Waals surface area contributed by atoms with Crippen molar-refractivity contribution in [2.45, 2.75) is 0 Å². The Morgan fingerprint density at radius 2 is 1.68 bits per heavy atom. The van der Waals surface area contributed by atoms with Crippen molar-refractivity contribution in [1.29, 1.82) is 0 Å². The molecule has 0 aliphatic carbocycles. The average Bonchev–Trinajstić information content (AvgIpc) is 3.14. The lowest BCUT2D eigenvalue weighted by Crippen LogP contribution is -2.11. The summed E-state index contributed by atoms with van der Waals surface area (Å²) in [5, 5.41) is 12.4. The molecule has 3 aromatic rings. The third kappa shape index (κ3) is 4.57. The van der Waals surface area contributed by atoms with Gasteiger partial charge >= 0.3 is 5.97 Å². The molecule has 2 N–H and O–H groups in total. The monoisotopic (exact) mass is 400 g/mol. The molecular formula is C19H16N2O6S. The van der Waals surface area contributed by atoms with E-state index in [1.807, 2.05) is 0 Å². The number of aromatic carboxylic acids is 1. The van der Waals surface area contributed by atoms with Crippen LogP contribution >= 0.6 is 11.3 Å². The lowest BCUT2D eigenvalue weighted by atomic mass is 10.2. The molecule has 0 saturated carbocycles. The number of carboxylic acids is 1. The lowest BCUT2D eigenvalue weighted by molar-refractivity contribution is 0.0696. The van der Waals surface area contributed by atoms with Crippen LogP contribution in [0.5, 0.6) is 22.3 Å². The zero-order valence-electron chi connectivity index (χ0n) is 15.0. The van der Waals surface area contributed by atoms with Crippen molar-refractivity contribution < 1.29 is 28.9 Å². The number of methoxy groups -OCH3 is 2. The summed E-state index contributed by atoms with van der Waals surface area (Å²) in [5.74, 6) is -0.0849. The van der Waals surface area contributed by atoms with E-state index < -0.39 is 5.97 Å². The number of nitrogens with zero attached hydrogens (tertiary/aromatic N) is 1. The summed E-state index contributed by atoms with van der Waals surface area (Å²) in [6.07, 6.45) is 1.44. The van der Waals surface area contributed by atoms with Gasteiger partial charge in [-0.3, -0.25) is 10.1 Å². The van der Waals surface area contributed by atoms with E-state index in [9.17, 15) is 9.59 Å². The van der Waals surface area contributed by atoms with Gasteiger partial charge in [0.25, 0.3) is 5.91 Å². The first kappa shape index (κ1) is 19.2. The van der Waals surface area contributed by atoms with Gasteiger partial charge in [0.1, 0.15) is 17.2 Å². The molecule has 0 saturated heterocycles. The summed E-state index contributed by atoms with van der Waals surface area (Å²) in [7, 11) is 3.00. The van der Waals surface area contributed by atoms with Crippen LogP contribution in [0.3, 0.4) is 0 Å². The van der Waals surface area contributed by atoms with E-state index in [1.54, 1.807) is 30.3 Å². The zero-order valence-corrected chi connectivity index (χ0v) is 15.8. The average molecular weight is 400 g/mol. The number of aromatic nitrogens is 1. The summed E-state index contributed by atoms with van der Waals surface area (Å²) in [4.78, 5) is 27.6. The summed E-state index contributed by atoms with van der Waals surface area (Å²) >= 11 is 1.11. The highest BCUT2D eigenvalue weighted by Crippen LogP contribution is 2.31. The first-order valence-electron chi connectivity index (χ1n) is 8.00. The van der Waals surface area contributed by atoms with Gasteiger partial charge < -0.3 is 19.3 Å². The Bertz CT molecular complexity index is 995. The first-order chi connectivity index (χ1) is 13.5. The second-order valence-corrected chi connectivity index (χ2v) is 6.47. The van der Waals surface area contributed by atoms with Gasteiger partial charge in [-0.05, 0) is 30.3 Å². The number of hydrogen-bond donors (Lipinski definition) is 2. The Labute approximate surface area is 164 Å². The second kappa shape index (κ2) is 8.40. The molecular weight excluding hydrogens is 384 g/mol.